The van der Waals surface area contributed by atoms with Gasteiger partial charge in [0.25, 0.3) is 0 Å². The molecule has 12 heteroatoms. The monoisotopic (exact) mass is 500 g/mol. The lowest BCUT2D eigenvalue weighted by atomic mass is 10.1. The molecule has 0 aliphatic heterocycles. The molecular formula is C21H25ClN2O8S. The Kier molecular flexibility index (Phi) is 8.91. The van der Waals surface area contributed by atoms with Crippen LogP contribution in [-0.4, -0.2) is 54.3 Å². The highest BCUT2D eigenvalue weighted by Gasteiger charge is 2.25. The quantitative estimate of drug-likeness (QED) is 0.476. The summed E-state index contributed by atoms with van der Waals surface area (Å²) in [6.45, 7) is 3.49. The molecule has 0 unspecified atom stereocenters. The first-order valence-corrected chi connectivity index (χ1v) is 11.5. The second kappa shape index (κ2) is 11.2. The van der Waals surface area contributed by atoms with Crippen LogP contribution in [0.1, 0.15) is 24.2 Å². The number of hydrogen-bond donors (Lipinski definition) is 2. The first-order valence-electron chi connectivity index (χ1n) is 9.67. The molecule has 0 spiro atoms. The van der Waals surface area contributed by atoms with Crippen molar-refractivity contribution in [2.75, 3.05) is 33.3 Å². The zero-order chi connectivity index (χ0) is 24.8. The lowest BCUT2D eigenvalue weighted by Crippen LogP contribution is -2.41. The maximum atomic E-state index is 12.7. The Morgan fingerprint density at radius 1 is 1.03 bits per heavy atom. The van der Waals surface area contributed by atoms with Gasteiger partial charge in [0.15, 0.2) is 11.5 Å². The summed E-state index contributed by atoms with van der Waals surface area (Å²) in [5, 5.41) is 2.63. The van der Waals surface area contributed by atoms with Crippen molar-refractivity contribution in [3.05, 3.63) is 40.9 Å². The van der Waals surface area contributed by atoms with E-state index in [2.05, 4.69) is 10.0 Å². The molecule has 10 nitrogen and oxygen atoms in total. The van der Waals surface area contributed by atoms with Crippen LogP contribution in [-0.2, 0) is 19.6 Å². The largest absolute Gasteiger partial charge is 0.493 e. The van der Waals surface area contributed by atoms with Gasteiger partial charge in [-0.25, -0.2) is 13.2 Å². The van der Waals surface area contributed by atoms with Gasteiger partial charge < -0.3 is 24.3 Å². The number of methoxy groups -OCH3 is 3. The Morgan fingerprint density at radius 2 is 1.67 bits per heavy atom. The lowest BCUT2D eigenvalue weighted by molar-refractivity contribution is -0.117. The summed E-state index contributed by atoms with van der Waals surface area (Å²) < 4.78 is 48.1. The summed E-state index contributed by atoms with van der Waals surface area (Å²) in [4.78, 5) is 24.8. The summed E-state index contributed by atoms with van der Waals surface area (Å²) >= 11 is 6.07. The van der Waals surface area contributed by atoms with E-state index in [0.29, 0.717) is 12.4 Å². The summed E-state index contributed by atoms with van der Waals surface area (Å²) in [5.74, 6) is -0.626. The zero-order valence-electron chi connectivity index (χ0n) is 18.7. The average Bonchev–Trinajstić information content (AvgIpc) is 2.79. The fraction of sp³-hybridized carbons (Fsp3) is 0.333. The third-order valence-corrected chi connectivity index (χ3v) is 6.26. The van der Waals surface area contributed by atoms with Crippen LogP contribution < -0.4 is 24.2 Å². The predicted octanol–water partition coefficient (Wildman–Crippen LogP) is 2.85. The molecule has 2 aromatic rings. The normalized spacial score (nSPS) is 11.9. The summed E-state index contributed by atoms with van der Waals surface area (Å²) in [7, 11) is -0.130. The number of carbonyl (C=O) groups is 2. The predicted molar refractivity (Wildman–Crippen MR) is 122 cm³/mol. The molecule has 2 N–H and O–H groups in total. The highest BCUT2D eigenvalue weighted by Crippen LogP contribution is 2.34. The van der Waals surface area contributed by atoms with Crippen LogP contribution in [0, 0.1) is 0 Å². The maximum Gasteiger partial charge on any atom is 0.340 e. The summed E-state index contributed by atoms with van der Waals surface area (Å²) in [5.41, 5.74) is 0.0523. The number of esters is 1. The minimum absolute atomic E-state index is 0.00291. The molecule has 0 saturated carbocycles. The van der Waals surface area contributed by atoms with E-state index in [1.807, 2.05) is 0 Å². The highest BCUT2D eigenvalue weighted by molar-refractivity contribution is 7.89. The van der Waals surface area contributed by atoms with E-state index in [1.165, 1.54) is 58.6 Å². The number of amides is 1. The highest BCUT2D eigenvalue weighted by atomic mass is 35.5. The van der Waals surface area contributed by atoms with Gasteiger partial charge in [-0.15, -0.1) is 0 Å². The molecule has 0 radical (unpaired) electrons. The Bertz CT molecular complexity index is 1140. The molecule has 33 heavy (non-hydrogen) atoms. The molecule has 0 saturated heterocycles. The molecule has 0 aromatic heterocycles. The number of hydrogen-bond acceptors (Lipinski definition) is 8. The van der Waals surface area contributed by atoms with Gasteiger partial charge in [0.1, 0.15) is 5.75 Å². The van der Waals surface area contributed by atoms with Gasteiger partial charge in [-0.2, -0.15) is 4.72 Å². The molecule has 1 atom stereocenters. The Morgan fingerprint density at radius 3 is 2.21 bits per heavy atom. The molecule has 0 heterocycles. The number of carbonyl (C=O) groups excluding carboxylic acids is 2. The van der Waals surface area contributed by atoms with E-state index < -0.39 is 27.9 Å². The van der Waals surface area contributed by atoms with E-state index in [9.17, 15) is 18.0 Å². The van der Waals surface area contributed by atoms with Gasteiger partial charge in [0, 0.05) is 12.1 Å². The van der Waals surface area contributed by atoms with Crippen LogP contribution in [0.5, 0.6) is 17.2 Å². The van der Waals surface area contributed by atoms with E-state index in [4.69, 9.17) is 30.5 Å². The second-order valence-electron chi connectivity index (χ2n) is 6.60. The van der Waals surface area contributed by atoms with Crippen LogP contribution in [0.2, 0.25) is 5.02 Å². The minimum atomic E-state index is -4.09. The van der Waals surface area contributed by atoms with Crippen molar-refractivity contribution in [3.63, 3.8) is 0 Å². The number of ether oxygens (including phenoxy) is 4. The Hall–Kier alpha value is -3.02. The fourth-order valence-corrected chi connectivity index (χ4v) is 4.31. The van der Waals surface area contributed by atoms with E-state index >= 15 is 0 Å². The van der Waals surface area contributed by atoms with Gasteiger partial charge in [-0.05, 0) is 32.0 Å². The number of sulfonamides is 1. The third kappa shape index (κ3) is 6.28. The summed E-state index contributed by atoms with van der Waals surface area (Å²) in [6.07, 6.45) is 0. The second-order valence-corrected chi connectivity index (χ2v) is 8.72. The maximum absolute atomic E-state index is 12.7. The van der Waals surface area contributed by atoms with Crippen molar-refractivity contribution in [1.29, 1.82) is 0 Å². The van der Waals surface area contributed by atoms with Crippen LogP contribution in [0.4, 0.5) is 5.69 Å². The van der Waals surface area contributed by atoms with Crippen molar-refractivity contribution in [3.8, 4) is 17.2 Å². The standard InChI is InChI=1S/C21H25ClN2O8S/c1-6-32-17-8-7-13(9-15(17)22)33(27,28)24-12(2)20(25)23-16-11-19(30-4)18(29-3)10-14(16)21(26)31-5/h7-12,24H,6H2,1-5H3,(H,23,25)/t12-/m0/s1. The molecule has 0 bridgehead atoms. The van der Waals surface area contributed by atoms with Gasteiger partial charge in [-0.3, -0.25) is 4.79 Å². The first kappa shape index (κ1) is 26.2. The molecule has 0 aliphatic rings. The molecule has 0 aliphatic carbocycles. The number of nitrogens with one attached hydrogen (secondary N) is 2. The van der Waals surface area contributed by atoms with Crippen LogP contribution in [0.3, 0.4) is 0 Å². The molecular weight excluding hydrogens is 476 g/mol. The van der Waals surface area contributed by atoms with Crippen molar-refractivity contribution in [1.82, 2.24) is 4.72 Å². The van der Waals surface area contributed by atoms with Crippen molar-refractivity contribution in [2.24, 2.45) is 0 Å². The van der Waals surface area contributed by atoms with E-state index in [1.54, 1.807) is 6.92 Å². The number of anilines is 1. The van der Waals surface area contributed by atoms with Crippen molar-refractivity contribution >= 4 is 39.2 Å². The molecule has 1 amide bonds. The van der Waals surface area contributed by atoms with E-state index in [0.717, 1.165) is 0 Å². The first-order chi connectivity index (χ1) is 15.6. The van der Waals surface area contributed by atoms with Crippen molar-refractivity contribution in [2.45, 2.75) is 24.8 Å². The molecule has 180 valence electrons. The molecule has 2 aromatic carbocycles. The third-order valence-electron chi connectivity index (χ3n) is 4.43. The lowest BCUT2D eigenvalue weighted by Gasteiger charge is -2.18. The molecule has 2 rings (SSSR count). The van der Waals surface area contributed by atoms with Gasteiger partial charge in [0.05, 0.1) is 55.1 Å². The SMILES string of the molecule is CCOc1ccc(S(=O)(=O)N[C@@H](C)C(=O)Nc2cc(OC)c(OC)cc2C(=O)OC)cc1Cl. The Balaban J connectivity index is 2.27. The zero-order valence-corrected chi connectivity index (χ0v) is 20.3. The van der Waals surface area contributed by atoms with E-state index in [-0.39, 0.29) is 32.7 Å². The topological polar surface area (TPSA) is 129 Å². The Labute approximate surface area is 197 Å². The van der Waals surface area contributed by atoms with Crippen LogP contribution >= 0.6 is 11.6 Å². The van der Waals surface area contributed by atoms with Gasteiger partial charge in [-0.1, -0.05) is 11.6 Å². The molecule has 0 fully saturated rings. The minimum Gasteiger partial charge on any atom is -0.493 e. The van der Waals surface area contributed by atoms with Crippen LogP contribution in [0.15, 0.2) is 35.2 Å². The summed E-state index contributed by atoms with van der Waals surface area (Å²) in [6, 6.07) is 5.47. The van der Waals surface area contributed by atoms with Crippen molar-refractivity contribution < 1.29 is 37.0 Å². The number of rotatable bonds is 10. The number of benzene rings is 2. The average molecular weight is 501 g/mol. The fourth-order valence-electron chi connectivity index (χ4n) is 2.78. The van der Waals surface area contributed by atoms with Gasteiger partial charge >= 0.3 is 5.97 Å². The number of halogens is 1. The smallest absolute Gasteiger partial charge is 0.340 e. The van der Waals surface area contributed by atoms with Gasteiger partial charge in [0.2, 0.25) is 15.9 Å². The van der Waals surface area contributed by atoms with Crippen LogP contribution in [0.25, 0.3) is 0 Å².